The maximum Gasteiger partial charge on any atom is 0.303 e. The summed E-state index contributed by atoms with van der Waals surface area (Å²) in [5, 5.41) is 11.9. The van der Waals surface area contributed by atoms with Gasteiger partial charge in [-0.1, -0.05) is 26.2 Å². The van der Waals surface area contributed by atoms with Gasteiger partial charge in [0.2, 0.25) is 5.91 Å². The summed E-state index contributed by atoms with van der Waals surface area (Å²) in [6.45, 7) is 2.49. The molecular formula is C13H23NO3. The van der Waals surface area contributed by atoms with Crippen LogP contribution in [0.3, 0.4) is 0 Å². The first-order chi connectivity index (χ1) is 8.08. The van der Waals surface area contributed by atoms with Crippen molar-refractivity contribution in [3.63, 3.8) is 0 Å². The van der Waals surface area contributed by atoms with Gasteiger partial charge in [0.15, 0.2) is 0 Å². The van der Waals surface area contributed by atoms with Crippen molar-refractivity contribution in [2.45, 2.75) is 58.3 Å². The Morgan fingerprint density at radius 1 is 1.24 bits per heavy atom. The molecule has 1 fully saturated rings. The number of nitrogens with one attached hydrogen (secondary N) is 1. The van der Waals surface area contributed by atoms with E-state index in [9.17, 15) is 9.59 Å². The Kier molecular flexibility index (Phi) is 5.45. The van der Waals surface area contributed by atoms with Crippen LogP contribution < -0.4 is 5.32 Å². The van der Waals surface area contributed by atoms with Gasteiger partial charge in [0, 0.05) is 13.0 Å². The van der Waals surface area contributed by atoms with Crippen LogP contribution in [0.2, 0.25) is 0 Å². The third-order valence-electron chi connectivity index (χ3n) is 3.58. The largest absolute Gasteiger partial charge is 0.481 e. The number of carbonyl (C=O) groups is 2. The van der Waals surface area contributed by atoms with E-state index in [-0.39, 0.29) is 17.7 Å². The van der Waals surface area contributed by atoms with Gasteiger partial charge in [-0.05, 0) is 24.7 Å². The molecule has 1 saturated carbocycles. The maximum atomic E-state index is 11.5. The summed E-state index contributed by atoms with van der Waals surface area (Å²) in [4.78, 5) is 22.4. The van der Waals surface area contributed by atoms with Gasteiger partial charge < -0.3 is 10.4 Å². The van der Waals surface area contributed by atoms with Crippen molar-refractivity contribution in [2.24, 2.45) is 5.41 Å². The van der Waals surface area contributed by atoms with Crippen LogP contribution in [0.4, 0.5) is 0 Å². The number of amides is 1. The molecule has 0 heterocycles. The number of carboxylic acids is 1. The average Bonchev–Trinajstić information content (AvgIpc) is 2.27. The molecule has 0 aromatic rings. The summed E-state index contributed by atoms with van der Waals surface area (Å²) < 4.78 is 0. The average molecular weight is 241 g/mol. The summed E-state index contributed by atoms with van der Waals surface area (Å²) in [5.74, 6) is -0.709. The molecule has 4 nitrogen and oxygen atoms in total. The van der Waals surface area contributed by atoms with Gasteiger partial charge in [-0.25, -0.2) is 0 Å². The van der Waals surface area contributed by atoms with Crippen molar-refractivity contribution < 1.29 is 14.7 Å². The Bertz CT molecular complexity index is 270. The first kappa shape index (κ1) is 14.0. The van der Waals surface area contributed by atoms with Gasteiger partial charge in [-0.15, -0.1) is 0 Å². The molecule has 98 valence electrons. The van der Waals surface area contributed by atoms with E-state index in [1.807, 2.05) is 6.92 Å². The molecule has 0 atom stereocenters. The van der Waals surface area contributed by atoms with E-state index >= 15 is 0 Å². The number of carboxylic acid groups (broad SMARTS) is 1. The molecule has 0 bridgehead atoms. The minimum absolute atomic E-state index is 0.0443. The van der Waals surface area contributed by atoms with Gasteiger partial charge in [0.25, 0.3) is 0 Å². The molecule has 0 aromatic heterocycles. The zero-order chi connectivity index (χ0) is 12.7. The Morgan fingerprint density at radius 3 is 2.41 bits per heavy atom. The molecule has 1 aliphatic carbocycles. The second-order valence-electron chi connectivity index (χ2n) is 5.16. The Balaban J connectivity index is 2.51. The standard InChI is InChI=1S/C13H23NO3/c1-2-6-11(15)14-10-13(9-12(16)17)7-4-3-5-8-13/h2-10H2,1H3,(H,14,15)(H,16,17). The minimum atomic E-state index is -0.753. The molecular weight excluding hydrogens is 218 g/mol. The van der Waals surface area contributed by atoms with E-state index in [0.717, 1.165) is 32.1 Å². The molecule has 1 aliphatic rings. The zero-order valence-corrected chi connectivity index (χ0v) is 10.6. The zero-order valence-electron chi connectivity index (χ0n) is 10.6. The van der Waals surface area contributed by atoms with Gasteiger partial charge in [0.05, 0.1) is 6.42 Å². The van der Waals surface area contributed by atoms with Crippen molar-refractivity contribution in [2.75, 3.05) is 6.54 Å². The van der Waals surface area contributed by atoms with Crippen LogP contribution in [0.15, 0.2) is 0 Å². The van der Waals surface area contributed by atoms with E-state index in [4.69, 9.17) is 5.11 Å². The summed E-state index contributed by atoms with van der Waals surface area (Å²) in [6.07, 6.45) is 6.73. The van der Waals surface area contributed by atoms with Crippen molar-refractivity contribution in [1.29, 1.82) is 0 Å². The predicted octanol–water partition coefficient (Wildman–Crippen LogP) is 2.33. The number of rotatable bonds is 6. The molecule has 1 rings (SSSR count). The van der Waals surface area contributed by atoms with Crippen molar-refractivity contribution in [3.05, 3.63) is 0 Å². The van der Waals surface area contributed by atoms with E-state index in [1.165, 1.54) is 6.42 Å². The highest BCUT2D eigenvalue weighted by Gasteiger charge is 2.34. The number of aliphatic carboxylic acids is 1. The molecule has 0 spiro atoms. The fraction of sp³-hybridized carbons (Fsp3) is 0.846. The molecule has 0 saturated heterocycles. The summed E-state index contributed by atoms with van der Waals surface area (Å²) >= 11 is 0. The second kappa shape index (κ2) is 6.62. The topological polar surface area (TPSA) is 66.4 Å². The third kappa shape index (κ3) is 4.75. The van der Waals surface area contributed by atoms with Gasteiger partial charge >= 0.3 is 5.97 Å². The monoisotopic (exact) mass is 241 g/mol. The van der Waals surface area contributed by atoms with Crippen LogP contribution in [-0.4, -0.2) is 23.5 Å². The Labute approximate surface area is 103 Å². The quantitative estimate of drug-likeness (QED) is 0.750. The molecule has 0 aliphatic heterocycles. The normalized spacial score (nSPS) is 18.6. The lowest BCUT2D eigenvalue weighted by atomic mass is 9.71. The highest BCUT2D eigenvalue weighted by Crippen LogP contribution is 2.38. The van der Waals surface area contributed by atoms with E-state index in [1.54, 1.807) is 0 Å². The minimum Gasteiger partial charge on any atom is -0.481 e. The van der Waals surface area contributed by atoms with Crippen LogP contribution in [0, 0.1) is 5.41 Å². The molecule has 0 radical (unpaired) electrons. The number of hydrogen-bond donors (Lipinski definition) is 2. The fourth-order valence-corrected chi connectivity index (χ4v) is 2.64. The highest BCUT2D eigenvalue weighted by molar-refractivity contribution is 5.76. The number of hydrogen-bond acceptors (Lipinski definition) is 2. The lowest BCUT2D eigenvalue weighted by Gasteiger charge is -2.36. The van der Waals surface area contributed by atoms with Crippen molar-refractivity contribution >= 4 is 11.9 Å². The molecule has 0 unspecified atom stereocenters. The Hall–Kier alpha value is -1.06. The molecule has 17 heavy (non-hydrogen) atoms. The van der Waals surface area contributed by atoms with Crippen LogP contribution in [-0.2, 0) is 9.59 Å². The number of carbonyl (C=O) groups excluding carboxylic acids is 1. The third-order valence-corrected chi connectivity index (χ3v) is 3.58. The van der Waals surface area contributed by atoms with Crippen LogP contribution >= 0.6 is 0 Å². The smallest absolute Gasteiger partial charge is 0.303 e. The summed E-state index contributed by atoms with van der Waals surface area (Å²) in [6, 6.07) is 0. The van der Waals surface area contributed by atoms with Crippen molar-refractivity contribution in [1.82, 2.24) is 5.32 Å². The lowest BCUT2D eigenvalue weighted by Crippen LogP contribution is -2.40. The van der Waals surface area contributed by atoms with Gasteiger partial charge in [-0.3, -0.25) is 9.59 Å². The predicted molar refractivity (Wildman–Crippen MR) is 65.7 cm³/mol. The maximum absolute atomic E-state index is 11.5. The highest BCUT2D eigenvalue weighted by atomic mass is 16.4. The van der Waals surface area contributed by atoms with Crippen LogP contribution in [0.1, 0.15) is 58.3 Å². The van der Waals surface area contributed by atoms with E-state index < -0.39 is 5.97 Å². The molecule has 2 N–H and O–H groups in total. The lowest BCUT2D eigenvalue weighted by molar-refractivity contribution is -0.140. The van der Waals surface area contributed by atoms with Crippen LogP contribution in [0.5, 0.6) is 0 Å². The fourth-order valence-electron chi connectivity index (χ4n) is 2.64. The summed E-state index contributed by atoms with van der Waals surface area (Å²) in [5.41, 5.74) is -0.201. The van der Waals surface area contributed by atoms with Gasteiger partial charge in [0.1, 0.15) is 0 Å². The molecule has 1 amide bonds. The van der Waals surface area contributed by atoms with Gasteiger partial charge in [-0.2, -0.15) is 0 Å². The first-order valence-electron chi connectivity index (χ1n) is 6.56. The second-order valence-corrected chi connectivity index (χ2v) is 5.16. The van der Waals surface area contributed by atoms with Crippen molar-refractivity contribution in [3.8, 4) is 0 Å². The van der Waals surface area contributed by atoms with E-state index in [0.29, 0.717) is 13.0 Å². The van der Waals surface area contributed by atoms with Crippen LogP contribution in [0.25, 0.3) is 0 Å². The molecule has 4 heteroatoms. The van der Waals surface area contributed by atoms with E-state index in [2.05, 4.69) is 5.32 Å². The molecule has 0 aromatic carbocycles. The summed E-state index contributed by atoms with van der Waals surface area (Å²) in [7, 11) is 0. The Morgan fingerprint density at radius 2 is 1.88 bits per heavy atom. The first-order valence-corrected chi connectivity index (χ1v) is 6.56. The SMILES string of the molecule is CCCC(=O)NCC1(CC(=O)O)CCCCC1.